The van der Waals surface area contributed by atoms with Gasteiger partial charge in [0, 0.05) is 33.2 Å². The zero-order valence-electron chi connectivity index (χ0n) is 9.58. The van der Waals surface area contributed by atoms with E-state index >= 15 is 0 Å². The highest BCUT2D eigenvalue weighted by atomic mass is 16.5. The maximum absolute atomic E-state index is 10.1. The lowest BCUT2D eigenvalue weighted by Crippen LogP contribution is -2.48. The third-order valence-corrected chi connectivity index (χ3v) is 3.24. The predicted octanol–water partition coefficient (Wildman–Crippen LogP) is 1.90. The van der Waals surface area contributed by atoms with E-state index in [9.17, 15) is 5.11 Å². The first kappa shape index (κ1) is 12.7. The molecule has 1 heterocycles. The molecule has 3 heteroatoms. The summed E-state index contributed by atoms with van der Waals surface area (Å²) in [5.41, 5.74) is -0.376. The smallest absolute Gasteiger partial charge is 0.0980 e. The Labute approximate surface area is 92.1 Å². The van der Waals surface area contributed by atoms with Crippen molar-refractivity contribution in [2.45, 2.75) is 43.8 Å². The molecule has 1 fully saturated rings. The fourth-order valence-corrected chi connectivity index (χ4v) is 2.11. The van der Waals surface area contributed by atoms with Crippen LogP contribution in [0.3, 0.4) is 0 Å². The minimum absolute atomic E-state index is 0.376. The largest absolute Gasteiger partial charge is 0.390 e. The SMILES string of the molecule is C=CCCCC(O)C1(OC)CCOCC1. The highest BCUT2D eigenvalue weighted by Gasteiger charge is 2.39. The third-order valence-electron chi connectivity index (χ3n) is 3.24. The second-order valence-electron chi connectivity index (χ2n) is 4.12. The van der Waals surface area contributed by atoms with Crippen molar-refractivity contribution in [2.24, 2.45) is 0 Å². The molecule has 0 saturated carbocycles. The molecule has 1 N–H and O–H groups in total. The molecule has 0 spiro atoms. The standard InChI is InChI=1S/C12H22O3/c1-3-4-5-6-11(13)12(14-2)7-9-15-10-8-12/h3,11,13H,1,4-10H2,2H3. The summed E-state index contributed by atoms with van der Waals surface area (Å²) in [7, 11) is 1.68. The highest BCUT2D eigenvalue weighted by Crippen LogP contribution is 2.30. The number of rotatable bonds is 6. The van der Waals surface area contributed by atoms with Gasteiger partial charge in [0.2, 0.25) is 0 Å². The molecule has 0 amide bonds. The summed E-state index contributed by atoms with van der Waals surface area (Å²) in [5.74, 6) is 0. The van der Waals surface area contributed by atoms with Crippen molar-refractivity contribution in [1.82, 2.24) is 0 Å². The molecule has 0 bridgehead atoms. The minimum atomic E-state index is -0.383. The molecule has 1 atom stereocenters. The Hall–Kier alpha value is -0.380. The van der Waals surface area contributed by atoms with Gasteiger partial charge < -0.3 is 14.6 Å². The number of aliphatic hydroxyl groups excluding tert-OH is 1. The highest BCUT2D eigenvalue weighted by molar-refractivity contribution is 4.90. The monoisotopic (exact) mass is 214 g/mol. The molecule has 1 rings (SSSR count). The number of ether oxygens (including phenoxy) is 2. The van der Waals surface area contributed by atoms with Crippen molar-refractivity contribution in [3.05, 3.63) is 12.7 Å². The molecule has 1 aliphatic rings. The van der Waals surface area contributed by atoms with Crippen LogP contribution in [0.4, 0.5) is 0 Å². The van der Waals surface area contributed by atoms with Gasteiger partial charge in [-0.15, -0.1) is 6.58 Å². The molecule has 0 radical (unpaired) electrons. The number of hydrogen-bond acceptors (Lipinski definition) is 3. The molecule has 1 unspecified atom stereocenters. The summed E-state index contributed by atoms with van der Waals surface area (Å²) in [6, 6.07) is 0. The summed E-state index contributed by atoms with van der Waals surface area (Å²) >= 11 is 0. The Bertz CT molecular complexity index is 185. The fraction of sp³-hybridized carbons (Fsp3) is 0.833. The van der Waals surface area contributed by atoms with E-state index in [0.29, 0.717) is 13.2 Å². The zero-order valence-corrected chi connectivity index (χ0v) is 9.58. The normalized spacial score (nSPS) is 22.3. The summed E-state index contributed by atoms with van der Waals surface area (Å²) in [6.07, 6.45) is 5.78. The van der Waals surface area contributed by atoms with Crippen molar-refractivity contribution >= 4 is 0 Å². The number of unbranched alkanes of at least 4 members (excludes halogenated alkanes) is 1. The summed E-state index contributed by atoms with van der Waals surface area (Å²) < 4.78 is 10.8. The van der Waals surface area contributed by atoms with Crippen molar-refractivity contribution < 1.29 is 14.6 Å². The number of methoxy groups -OCH3 is 1. The van der Waals surface area contributed by atoms with E-state index < -0.39 is 0 Å². The topological polar surface area (TPSA) is 38.7 Å². The molecule has 1 aliphatic heterocycles. The maximum atomic E-state index is 10.1. The van der Waals surface area contributed by atoms with Crippen LogP contribution in [0.15, 0.2) is 12.7 Å². The van der Waals surface area contributed by atoms with Gasteiger partial charge in [-0.1, -0.05) is 6.08 Å². The lowest BCUT2D eigenvalue weighted by molar-refractivity contribution is -0.154. The maximum Gasteiger partial charge on any atom is 0.0980 e. The molecular formula is C12H22O3. The van der Waals surface area contributed by atoms with Gasteiger partial charge in [0.1, 0.15) is 0 Å². The van der Waals surface area contributed by atoms with E-state index in [-0.39, 0.29) is 11.7 Å². The van der Waals surface area contributed by atoms with Crippen LogP contribution in [0.5, 0.6) is 0 Å². The Balaban J connectivity index is 2.44. The Morgan fingerprint density at radius 1 is 1.53 bits per heavy atom. The summed E-state index contributed by atoms with van der Waals surface area (Å²) in [5, 5.41) is 10.1. The van der Waals surface area contributed by atoms with Crippen molar-refractivity contribution in [2.75, 3.05) is 20.3 Å². The van der Waals surface area contributed by atoms with Gasteiger partial charge in [-0.25, -0.2) is 0 Å². The van der Waals surface area contributed by atoms with Crippen LogP contribution in [-0.4, -0.2) is 37.1 Å². The average Bonchev–Trinajstić information content (AvgIpc) is 2.30. The molecule has 0 aliphatic carbocycles. The van der Waals surface area contributed by atoms with Gasteiger partial charge in [0.25, 0.3) is 0 Å². The van der Waals surface area contributed by atoms with Gasteiger partial charge in [-0.3, -0.25) is 0 Å². The predicted molar refractivity (Wildman–Crippen MR) is 59.8 cm³/mol. The van der Waals surface area contributed by atoms with E-state index in [1.165, 1.54) is 0 Å². The van der Waals surface area contributed by atoms with Crippen molar-refractivity contribution in [3.63, 3.8) is 0 Å². The first-order valence-corrected chi connectivity index (χ1v) is 5.67. The van der Waals surface area contributed by atoms with Crippen molar-refractivity contribution in [1.29, 1.82) is 0 Å². The first-order chi connectivity index (χ1) is 7.25. The van der Waals surface area contributed by atoms with Crippen molar-refractivity contribution in [3.8, 4) is 0 Å². The number of aliphatic hydroxyl groups is 1. The summed E-state index contributed by atoms with van der Waals surface area (Å²) in [6.45, 7) is 5.05. The van der Waals surface area contributed by atoms with Gasteiger partial charge in [0.05, 0.1) is 11.7 Å². The molecule has 0 aromatic heterocycles. The molecule has 1 saturated heterocycles. The Morgan fingerprint density at radius 2 is 2.20 bits per heavy atom. The first-order valence-electron chi connectivity index (χ1n) is 5.67. The fourth-order valence-electron chi connectivity index (χ4n) is 2.11. The average molecular weight is 214 g/mol. The second-order valence-corrected chi connectivity index (χ2v) is 4.12. The van der Waals surface area contributed by atoms with Gasteiger partial charge in [-0.2, -0.15) is 0 Å². The molecule has 88 valence electrons. The van der Waals surface area contributed by atoms with E-state index in [1.807, 2.05) is 6.08 Å². The van der Waals surface area contributed by atoms with Crippen LogP contribution in [0.1, 0.15) is 32.1 Å². The number of hydrogen-bond donors (Lipinski definition) is 1. The van der Waals surface area contributed by atoms with Gasteiger partial charge in [-0.05, 0) is 19.3 Å². The lowest BCUT2D eigenvalue weighted by Gasteiger charge is -2.39. The van der Waals surface area contributed by atoms with E-state index in [0.717, 1.165) is 32.1 Å². The molecule has 3 nitrogen and oxygen atoms in total. The molecular weight excluding hydrogens is 192 g/mol. The van der Waals surface area contributed by atoms with Crippen LogP contribution in [0.25, 0.3) is 0 Å². The summed E-state index contributed by atoms with van der Waals surface area (Å²) in [4.78, 5) is 0. The lowest BCUT2D eigenvalue weighted by atomic mass is 9.85. The van der Waals surface area contributed by atoms with Crippen LogP contribution in [0.2, 0.25) is 0 Å². The minimum Gasteiger partial charge on any atom is -0.390 e. The van der Waals surface area contributed by atoms with Crippen LogP contribution >= 0.6 is 0 Å². The van der Waals surface area contributed by atoms with Crippen LogP contribution in [0, 0.1) is 0 Å². The Morgan fingerprint density at radius 3 is 2.73 bits per heavy atom. The zero-order chi connectivity index (χ0) is 11.1. The second kappa shape index (κ2) is 6.26. The van der Waals surface area contributed by atoms with Crippen LogP contribution in [-0.2, 0) is 9.47 Å². The third kappa shape index (κ3) is 3.30. The molecule has 0 aromatic rings. The van der Waals surface area contributed by atoms with Crippen LogP contribution < -0.4 is 0 Å². The molecule has 0 aromatic carbocycles. The Kier molecular flexibility index (Phi) is 5.29. The van der Waals surface area contributed by atoms with E-state index in [2.05, 4.69) is 6.58 Å². The number of allylic oxidation sites excluding steroid dienone is 1. The van der Waals surface area contributed by atoms with Gasteiger partial charge >= 0.3 is 0 Å². The van der Waals surface area contributed by atoms with E-state index in [4.69, 9.17) is 9.47 Å². The van der Waals surface area contributed by atoms with E-state index in [1.54, 1.807) is 7.11 Å². The quantitative estimate of drug-likeness (QED) is 0.542. The van der Waals surface area contributed by atoms with Gasteiger partial charge in [0.15, 0.2) is 0 Å². The molecule has 15 heavy (non-hydrogen) atoms.